The average molecular weight is 328 g/mol. The van der Waals surface area contributed by atoms with E-state index in [-0.39, 0.29) is 6.10 Å². The number of nitrogens with one attached hydrogen (secondary N) is 2. The van der Waals surface area contributed by atoms with Gasteiger partial charge in [0.05, 0.1) is 12.7 Å². The lowest BCUT2D eigenvalue weighted by molar-refractivity contribution is 0.109. The van der Waals surface area contributed by atoms with Crippen LogP contribution in [-0.4, -0.2) is 18.9 Å². The number of ether oxygens (including phenoxy) is 1. The third-order valence-electron chi connectivity index (χ3n) is 4.21. The summed E-state index contributed by atoms with van der Waals surface area (Å²) < 4.78 is 9.20. The van der Waals surface area contributed by atoms with Gasteiger partial charge in [0.15, 0.2) is 0 Å². The van der Waals surface area contributed by atoms with Crippen molar-refractivity contribution in [1.29, 1.82) is 0 Å². The summed E-state index contributed by atoms with van der Waals surface area (Å²) in [6, 6.07) is 19.7. The molecule has 4 heteroatoms. The molecule has 23 heavy (non-hydrogen) atoms. The van der Waals surface area contributed by atoms with Gasteiger partial charge >= 0.3 is 0 Å². The van der Waals surface area contributed by atoms with Crippen molar-refractivity contribution in [3.8, 4) is 0 Å². The summed E-state index contributed by atoms with van der Waals surface area (Å²) in [7, 11) is 0. The maximum absolute atomic E-state index is 5.93. The van der Waals surface area contributed by atoms with Gasteiger partial charge in [0, 0.05) is 19.1 Å². The van der Waals surface area contributed by atoms with E-state index in [1.165, 1.54) is 16.7 Å². The van der Waals surface area contributed by atoms with E-state index in [4.69, 9.17) is 4.74 Å². The zero-order chi connectivity index (χ0) is 15.9. The first kappa shape index (κ1) is 16.5. The molecule has 3 nitrogen and oxygen atoms in total. The van der Waals surface area contributed by atoms with E-state index in [0.29, 0.717) is 6.04 Å². The molecule has 0 radical (unpaired) electrons. The SMILES string of the molecule is CSNCc1ccc(CNC2COC(c3ccccc3)C2)cc1. The molecule has 0 aromatic heterocycles. The van der Waals surface area contributed by atoms with Gasteiger partial charge in [-0.15, -0.1) is 0 Å². The van der Waals surface area contributed by atoms with Gasteiger partial charge in [-0.25, -0.2) is 0 Å². The van der Waals surface area contributed by atoms with E-state index in [1.807, 2.05) is 12.3 Å². The molecule has 1 aliphatic heterocycles. The lowest BCUT2D eigenvalue weighted by atomic mass is 10.0. The molecule has 2 aromatic rings. The van der Waals surface area contributed by atoms with E-state index >= 15 is 0 Å². The van der Waals surface area contributed by atoms with Crippen LogP contribution in [0.3, 0.4) is 0 Å². The van der Waals surface area contributed by atoms with Crippen molar-refractivity contribution < 1.29 is 4.74 Å². The van der Waals surface area contributed by atoms with Crippen LogP contribution in [0.1, 0.15) is 29.2 Å². The first-order valence-corrected chi connectivity index (χ1v) is 9.31. The molecule has 1 fully saturated rings. The summed E-state index contributed by atoms with van der Waals surface area (Å²) in [4.78, 5) is 0. The van der Waals surface area contributed by atoms with Crippen LogP contribution in [0, 0.1) is 0 Å². The largest absolute Gasteiger partial charge is 0.372 e. The normalized spacial score (nSPS) is 20.7. The molecule has 2 aromatic carbocycles. The summed E-state index contributed by atoms with van der Waals surface area (Å²) >= 11 is 1.65. The lowest BCUT2D eigenvalue weighted by Gasteiger charge is -2.12. The van der Waals surface area contributed by atoms with Crippen molar-refractivity contribution in [2.75, 3.05) is 12.9 Å². The van der Waals surface area contributed by atoms with Crippen LogP contribution in [0.15, 0.2) is 54.6 Å². The minimum absolute atomic E-state index is 0.230. The molecule has 0 bridgehead atoms. The minimum Gasteiger partial charge on any atom is -0.372 e. The van der Waals surface area contributed by atoms with Gasteiger partial charge < -0.3 is 10.1 Å². The summed E-state index contributed by atoms with van der Waals surface area (Å²) in [6.07, 6.45) is 3.32. The molecule has 0 spiro atoms. The third-order valence-corrected chi connectivity index (χ3v) is 4.64. The summed E-state index contributed by atoms with van der Waals surface area (Å²) in [5.74, 6) is 0. The highest BCUT2D eigenvalue weighted by molar-refractivity contribution is 7.96. The Morgan fingerprint density at radius 3 is 2.39 bits per heavy atom. The van der Waals surface area contributed by atoms with Crippen LogP contribution in [0.25, 0.3) is 0 Å². The van der Waals surface area contributed by atoms with Crippen molar-refractivity contribution in [2.24, 2.45) is 0 Å². The smallest absolute Gasteiger partial charge is 0.0841 e. The first-order valence-electron chi connectivity index (χ1n) is 8.09. The molecule has 2 unspecified atom stereocenters. The Balaban J connectivity index is 1.46. The van der Waals surface area contributed by atoms with Gasteiger partial charge in [0.25, 0.3) is 0 Å². The van der Waals surface area contributed by atoms with Gasteiger partial charge in [-0.3, -0.25) is 4.72 Å². The Morgan fingerprint density at radius 1 is 1.00 bits per heavy atom. The first-order chi connectivity index (χ1) is 11.3. The molecule has 0 amide bonds. The Bertz CT molecular complexity index is 588. The number of hydrogen-bond acceptors (Lipinski definition) is 4. The number of rotatable bonds is 7. The van der Waals surface area contributed by atoms with Gasteiger partial charge in [0.1, 0.15) is 0 Å². The topological polar surface area (TPSA) is 33.3 Å². The van der Waals surface area contributed by atoms with Gasteiger partial charge in [-0.1, -0.05) is 66.5 Å². The molecular weight excluding hydrogens is 304 g/mol. The maximum Gasteiger partial charge on any atom is 0.0841 e. The van der Waals surface area contributed by atoms with Crippen LogP contribution < -0.4 is 10.0 Å². The maximum atomic E-state index is 5.93. The average Bonchev–Trinajstić information content (AvgIpc) is 3.09. The fraction of sp³-hybridized carbons (Fsp3) is 0.368. The Hall–Kier alpha value is -1.33. The molecule has 1 heterocycles. The molecule has 1 aliphatic rings. The fourth-order valence-electron chi connectivity index (χ4n) is 2.86. The number of benzene rings is 2. The molecule has 0 aliphatic carbocycles. The predicted octanol–water partition coefficient (Wildman–Crippen LogP) is 3.67. The predicted molar refractivity (Wildman–Crippen MR) is 97.2 cm³/mol. The van der Waals surface area contributed by atoms with Crippen LogP contribution in [0.2, 0.25) is 0 Å². The molecular formula is C19H24N2OS. The molecule has 1 saturated heterocycles. The van der Waals surface area contributed by atoms with Crippen LogP contribution in [0.5, 0.6) is 0 Å². The molecule has 122 valence electrons. The number of hydrogen-bond donors (Lipinski definition) is 2. The van der Waals surface area contributed by atoms with E-state index in [0.717, 1.165) is 26.1 Å². The lowest BCUT2D eigenvalue weighted by Crippen LogP contribution is -2.28. The zero-order valence-electron chi connectivity index (χ0n) is 13.5. The van der Waals surface area contributed by atoms with E-state index < -0.39 is 0 Å². The Morgan fingerprint density at radius 2 is 1.70 bits per heavy atom. The second-order valence-corrected chi connectivity index (χ2v) is 6.58. The van der Waals surface area contributed by atoms with Gasteiger partial charge in [-0.2, -0.15) is 0 Å². The van der Waals surface area contributed by atoms with Gasteiger partial charge in [0.2, 0.25) is 0 Å². The molecule has 2 N–H and O–H groups in total. The van der Waals surface area contributed by atoms with E-state index in [1.54, 1.807) is 11.9 Å². The van der Waals surface area contributed by atoms with E-state index in [9.17, 15) is 0 Å². The van der Waals surface area contributed by atoms with Crippen molar-refractivity contribution in [3.63, 3.8) is 0 Å². The highest BCUT2D eigenvalue weighted by Gasteiger charge is 2.25. The zero-order valence-corrected chi connectivity index (χ0v) is 14.3. The highest BCUT2D eigenvalue weighted by atomic mass is 32.2. The monoisotopic (exact) mass is 328 g/mol. The third kappa shape index (κ3) is 4.82. The summed E-state index contributed by atoms with van der Waals surface area (Å²) in [5.41, 5.74) is 3.92. The van der Waals surface area contributed by atoms with Crippen molar-refractivity contribution in [2.45, 2.75) is 31.7 Å². The standard InChI is InChI=1S/C19H24N2OS/c1-23-21-13-16-9-7-15(8-10-16)12-20-18-11-19(22-14-18)17-5-3-2-4-6-17/h2-10,18-21H,11-14H2,1H3. The van der Waals surface area contributed by atoms with Crippen LogP contribution in [-0.2, 0) is 17.8 Å². The van der Waals surface area contributed by atoms with Gasteiger partial charge in [-0.05, 0) is 29.4 Å². The molecule has 0 saturated carbocycles. The van der Waals surface area contributed by atoms with Crippen LogP contribution >= 0.6 is 11.9 Å². The van der Waals surface area contributed by atoms with Crippen molar-refractivity contribution in [1.82, 2.24) is 10.0 Å². The quantitative estimate of drug-likeness (QED) is 0.760. The molecule has 2 atom stereocenters. The van der Waals surface area contributed by atoms with E-state index in [2.05, 4.69) is 58.6 Å². The second-order valence-electron chi connectivity index (χ2n) is 5.89. The second kappa shape index (κ2) is 8.50. The summed E-state index contributed by atoms with van der Waals surface area (Å²) in [6.45, 7) is 2.59. The summed E-state index contributed by atoms with van der Waals surface area (Å²) in [5, 5.41) is 3.62. The highest BCUT2D eigenvalue weighted by Crippen LogP contribution is 2.28. The van der Waals surface area contributed by atoms with Crippen molar-refractivity contribution >= 4 is 11.9 Å². The van der Waals surface area contributed by atoms with Crippen LogP contribution in [0.4, 0.5) is 0 Å². The fourth-order valence-corrected chi connectivity index (χ4v) is 3.17. The molecule has 3 rings (SSSR count). The Kier molecular flexibility index (Phi) is 6.11. The van der Waals surface area contributed by atoms with Crippen molar-refractivity contribution in [3.05, 3.63) is 71.3 Å². The Labute approximate surface area is 143 Å². The minimum atomic E-state index is 0.230.